The van der Waals surface area contributed by atoms with Crippen LogP contribution in [0.1, 0.15) is 5.56 Å². The van der Waals surface area contributed by atoms with Crippen LogP contribution in [0.4, 0.5) is 24.8 Å². The van der Waals surface area contributed by atoms with Gasteiger partial charge in [-0.2, -0.15) is 18.3 Å². The van der Waals surface area contributed by atoms with Gasteiger partial charge < -0.3 is 5.32 Å². The van der Waals surface area contributed by atoms with Crippen molar-refractivity contribution in [3.63, 3.8) is 0 Å². The Kier molecular flexibility index (Phi) is 3.50. The third-order valence-corrected chi connectivity index (χ3v) is 2.84. The Hall–Kier alpha value is -2.90. The number of alkyl halides is 3. The number of nitrogens with zero attached hydrogens (tertiary/aromatic N) is 4. The topological polar surface area (TPSA) is 55.6 Å². The maximum Gasteiger partial charge on any atom is 0.416 e. The van der Waals surface area contributed by atoms with Gasteiger partial charge in [0.05, 0.1) is 29.3 Å². The minimum Gasteiger partial charge on any atom is -0.321 e. The van der Waals surface area contributed by atoms with E-state index in [-0.39, 0.29) is 0 Å². The average Bonchev–Trinajstić information content (AvgIpc) is 2.96. The summed E-state index contributed by atoms with van der Waals surface area (Å²) in [6.45, 7) is 0. The van der Waals surface area contributed by atoms with Gasteiger partial charge in [0.1, 0.15) is 0 Å². The summed E-state index contributed by atoms with van der Waals surface area (Å²) in [5, 5.41) is 6.95. The number of aromatic nitrogens is 4. The first-order valence-corrected chi connectivity index (χ1v) is 6.29. The van der Waals surface area contributed by atoms with Crippen LogP contribution < -0.4 is 5.32 Å². The quantitative estimate of drug-likeness (QED) is 0.805. The predicted octanol–water partition coefficient (Wildman–Crippen LogP) is 3.42. The van der Waals surface area contributed by atoms with Gasteiger partial charge in [0.25, 0.3) is 0 Å². The van der Waals surface area contributed by atoms with Crippen molar-refractivity contribution in [1.29, 1.82) is 0 Å². The zero-order valence-corrected chi connectivity index (χ0v) is 11.1. The van der Waals surface area contributed by atoms with E-state index in [1.54, 1.807) is 30.7 Å². The minimum atomic E-state index is -4.39. The molecule has 8 heteroatoms. The van der Waals surface area contributed by atoms with Gasteiger partial charge in [0.15, 0.2) is 0 Å². The SMILES string of the molecule is FC(F)(F)c1cccc(-n2cc(Nc3ncccn3)cn2)c1. The molecule has 0 unspecified atom stereocenters. The number of halogens is 3. The van der Waals surface area contributed by atoms with Crippen molar-refractivity contribution >= 4 is 11.6 Å². The molecule has 0 fully saturated rings. The molecular formula is C14H10F3N5. The zero-order valence-electron chi connectivity index (χ0n) is 11.1. The van der Waals surface area contributed by atoms with Crippen molar-refractivity contribution in [1.82, 2.24) is 19.7 Å². The van der Waals surface area contributed by atoms with E-state index in [4.69, 9.17) is 0 Å². The number of anilines is 2. The Morgan fingerprint density at radius 1 is 1.05 bits per heavy atom. The smallest absolute Gasteiger partial charge is 0.321 e. The lowest BCUT2D eigenvalue weighted by atomic mass is 10.2. The molecule has 2 aromatic heterocycles. The van der Waals surface area contributed by atoms with Gasteiger partial charge in [0, 0.05) is 12.4 Å². The van der Waals surface area contributed by atoms with Crippen LogP contribution in [0.3, 0.4) is 0 Å². The summed E-state index contributed by atoms with van der Waals surface area (Å²) in [5.41, 5.74) is 0.168. The second kappa shape index (κ2) is 5.47. The third-order valence-electron chi connectivity index (χ3n) is 2.84. The normalized spacial score (nSPS) is 11.4. The van der Waals surface area contributed by atoms with E-state index in [0.29, 0.717) is 17.3 Å². The Bertz CT molecular complexity index is 767. The molecule has 0 radical (unpaired) electrons. The molecule has 0 bridgehead atoms. The van der Waals surface area contributed by atoms with Crippen LogP contribution in [0.5, 0.6) is 0 Å². The molecule has 0 aliphatic rings. The molecular weight excluding hydrogens is 295 g/mol. The van der Waals surface area contributed by atoms with Crippen molar-refractivity contribution in [3.05, 3.63) is 60.7 Å². The Morgan fingerprint density at radius 3 is 2.55 bits per heavy atom. The molecule has 0 aliphatic carbocycles. The van der Waals surface area contributed by atoms with Crippen LogP contribution in [0, 0.1) is 0 Å². The summed E-state index contributed by atoms with van der Waals surface area (Å²) in [4.78, 5) is 7.99. The molecule has 0 saturated heterocycles. The van der Waals surface area contributed by atoms with Crippen molar-refractivity contribution in [2.75, 3.05) is 5.32 Å². The summed E-state index contributed by atoms with van der Waals surface area (Å²) < 4.78 is 39.5. The van der Waals surface area contributed by atoms with E-state index in [1.807, 2.05) is 0 Å². The number of nitrogens with one attached hydrogen (secondary N) is 1. The number of hydrogen-bond donors (Lipinski definition) is 1. The molecule has 1 aromatic carbocycles. The second-order valence-corrected chi connectivity index (χ2v) is 4.42. The van der Waals surface area contributed by atoms with Crippen molar-refractivity contribution < 1.29 is 13.2 Å². The van der Waals surface area contributed by atoms with Crippen molar-refractivity contribution in [2.45, 2.75) is 6.18 Å². The van der Waals surface area contributed by atoms with Gasteiger partial charge >= 0.3 is 6.18 Å². The molecule has 0 aliphatic heterocycles. The summed E-state index contributed by atoms with van der Waals surface area (Å²) in [6, 6.07) is 6.62. The summed E-state index contributed by atoms with van der Waals surface area (Å²) in [6.07, 6.45) is 1.81. The third kappa shape index (κ3) is 3.05. The Morgan fingerprint density at radius 2 is 1.82 bits per heavy atom. The zero-order chi connectivity index (χ0) is 15.6. The lowest BCUT2D eigenvalue weighted by molar-refractivity contribution is -0.137. The largest absolute Gasteiger partial charge is 0.416 e. The van der Waals surface area contributed by atoms with Crippen molar-refractivity contribution in [3.8, 4) is 5.69 Å². The number of hydrogen-bond acceptors (Lipinski definition) is 4. The predicted molar refractivity (Wildman–Crippen MR) is 73.9 cm³/mol. The van der Waals surface area contributed by atoms with Crippen molar-refractivity contribution in [2.24, 2.45) is 0 Å². The molecule has 22 heavy (non-hydrogen) atoms. The lowest BCUT2D eigenvalue weighted by Gasteiger charge is -2.08. The first-order valence-electron chi connectivity index (χ1n) is 6.29. The number of rotatable bonds is 3. The molecule has 0 spiro atoms. The Labute approximate surface area is 123 Å². The fourth-order valence-corrected chi connectivity index (χ4v) is 1.85. The maximum absolute atomic E-state index is 12.7. The molecule has 1 N–H and O–H groups in total. The fraction of sp³-hybridized carbons (Fsp3) is 0.0714. The van der Waals surface area contributed by atoms with Gasteiger partial charge in [-0.1, -0.05) is 6.07 Å². The standard InChI is InChI=1S/C14H10F3N5/c15-14(16,17)10-3-1-4-12(7-10)22-9-11(8-20-22)21-13-18-5-2-6-19-13/h1-9H,(H,18,19,21). The number of benzene rings is 1. The lowest BCUT2D eigenvalue weighted by Crippen LogP contribution is -2.06. The minimum absolute atomic E-state index is 0.317. The van der Waals surface area contributed by atoms with E-state index < -0.39 is 11.7 Å². The molecule has 5 nitrogen and oxygen atoms in total. The highest BCUT2D eigenvalue weighted by molar-refractivity contribution is 5.51. The van der Waals surface area contributed by atoms with Gasteiger partial charge in [0.2, 0.25) is 5.95 Å². The van der Waals surface area contributed by atoms with Gasteiger partial charge in [-0.25, -0.2) is 14.6 Å². The van der Waals surface area contributed by atoms with Crippen LogP contribution in [-0.2, 0) is 6.18 Å². The molecule has 2 heterocycles. The summed E-state index contributed by atoms with van der Waals surface area (Å²) in [5.74, 6) is 0.381. The molecule has 0 saturated carbocycles. The summed E-state index contributed by atoms with van der Waals surface area (Å²) >= 11 is 0. The van der Waals surface area contributed by atoms with E-state index >= 15 is 0 Å². The first kappa shape index (κ1) is 14.1. The second-order valence-electron chi connectivity index (χ2n) is 4.42. The highest BCUT2D eigenvalue weighted by Gasteiger charge is 2.30. The first-order chi connectivity index (χ1) is 10.5. The molecule has 3 aromatic rings. The molecule has 112 valence electrons. The van der Waals surface area contributed by atoms with Crippen LogP contribution in [0.15, 0.2) is 55.1 Å². The van der Waals surface area contributed by atoms with E-state index in [2.05, 4.69) is 20.4 Å². The highest BCUT2D eigenvalue weighted by atomic mass is 19.4. The van der Waals surface area contributed by atoms with E-state index in [9.17, 15) is 13.2 Å². The van der Waals surface area contributed by atoms with Gasteiger partial charge in [-0.05, 0) is 24.3 Å². The van der Waals surface area contributed by atoms with Crippen LogP contribution in [0.25, 0.3) is 5.69 Å². The maximum atomic E-state index is 12.7. The van der Waals surface area contributed by atoms with Crippen LogP contribution in [0.2, 0.25) is 0 Å². The Balaban J connectivity index is 1.85. The van der Waals surface area contributed by atoms with E-state index in [1.165, 1.54) is 16.9 Å². The van der Waals surface area contributed by atoms with E-state index in [0.717, 1.165) is 12.1 Å². The van der Waals surface area contributed by atoms with Gasteiger partial charge in [-0.3, -0.25) is 0 Å². The van der Waals surface area contributed by atoms with Gasteiger partial charge in [-0.15, -0.1) is 0 Å². The van der Waals surface area contributed by atoms with Crippen LogP contribution in [-0.4, -0.2) is 19.7 Å². The monoisotopic (exact) mass is 305 g/mol. The van der Waals surface area contributed by atoms with Crippen LogP contribution >= 0.6 is 0 Å². The molecule has 0 amide bonds. The average molecular weight is 305 g/mol. The fourth-order valence-electron chi connectivity index (χ4n) is 1.85. The highest BCUT2D eigenvalue weighted by Crippen LogP contribution is 2.30. The molecule has 3 rings (SSSR count). The molecule has 0 atom stereocenters. The summed E-state index contributed by atoms with van der Waals surface area (Å²) in [7, 11) is 0.